The molecule has 7 nitrogen and oxygen atoms in total. The number of nitrogens with zero attached hydrogens (tertiary/aromatic N) is 3. The van der Waals surface area contributed by atoms with Crippen LogP contribution in [0.25, 0.3) is 10.2 Å². The van der Waals surface area contributed by atoms with Crippen LogP contribution in [-0.4, -0.2) is 27.5 Å². The molecule has 0 saturated carbocycles. The zero-order chi connectivity index (χ0) is 16.6. The van der Waals surface area contributed by atoms with Gasteiger partial charge in [0.2, 0.25) is 5.28 Å². The molecule has 23 heavy (non-hydrogen) atoms. The van der Waals surface area contributed by atoms with Gasteiger partial charge in [-0.2, -0.15) is 4.98 Å². The number of hydrogen-bond donors (Lipinski definition) is 1. The van der Waals surface area contributed by atoms with Crippen LogP contribution in [0.4, 0.5) is 10.6 Å². The fourth-order valence-electron chi connectivity index (χ4n) is 1.98. The van der Waals surface area contributed by atoms with E-state index in [0.29, 0.717) is 31.6 Å². The zero-order valence-corrected chi connectivity index (χ0v) is 14.4. The number of aldehydes is 1. The van der Waals surface area contributed by atoms with Gasteiger partial charge in [-0.1, -0.05) is 0 Å². The Hall–Kier alpha value is -1.97. The lowest BCUT2D eigenvalue weighted by atomic mass is 10.3. The number of fused-ring (bicyclic) bond motifs is 1. The largest absolute Gasteiger partial charge is 0.467 e. The average Bonchev–Trinajstić information content (AvgIpc) is 3.12. The Morgan fingerprint density at radius 1 is 1.52 bits per heavy atom. The van der Waals surface area contributed by atoms with Crippen LogP contribution in [0.1, 0.15) is 15.4 Å². The fraction of sp³-hybridized carbons (Fsp3) is 0.0769. The number of furan rings is 1. The van der Waals surface area contributed by atoms with E-state index in [9.17, 15) is 14.7 Å². The van der Waals surface area contributed by atoms with Crippen LogP contribution in [0.2, 0.25) is 5.28 Å². The number of carbonyl (C=O) groups is 2. The standard InChI is InChI=1S/C13H7BrClN3O4S/c14-8-7(5-19)23-10-9(8)16-12(15)17-11(10)18(13(20)21)4-6-2-1-3-22-6/h1-3,5H,4H2,(H,20,21). The molecule has 0 bridgehead atoms. The monoisotopic (exact) mass is 415 g/mol. The van der Waals surface area contributed by atoms with Crippen molar-refractivity contribution in [3.05, 3.63) is 38.8 Å². The minimum Gasteiger partial charge on any atom is -0.467 e. The number of carboxylic acid groups (broad SMARTS) is 1. The first kappa shape index (κ1) is 15.9. The molecule has 3 aromatic rings. The highest BCUT2D eigenvalue weighted by Crippen LogP contribution is 2.39. The maximum Gasteiger partial charge on any atom is 0.413 e. The third kappa shape index (κ3) is 2.94. The summed E-state index contributed by atoms with van der Waals surface area (Å²) in [4.78, 5) is 32.2. The van der Waals surface area contributed by atoms with E-state index in [4.69, 9.17) is 16.0 Å². The molecule has 0 fully saturated rings. The first-order valence-corrected chi connectivity index (χ1v) is 8.13. The van der Waals surface area contributed by atoms with E-state index < -0.39 is 6.09 Å². The Bertz CT molecular complexity index is 896. The summed E-state index contributed by atoms with van der Waals surface area (Å²) in [5, 5.41) is 9.40. The molecule has 3 rings (SSSR count). The van der Waals surface area contributed by atoms with Gasteiger partial charge in [0.1, 0.15) is 11.3 Å². The van der Waals surface area contributed by atoms with Crippen molar-refractivity contribution in [3.8, 4) is 0 Å². The smallest absolute Gasteiger partial charge is 0.413 e. The third-order valence-electron chi connectivity index (χ3n) is 2.94. The molecule has 0 aliphatic rings. The molecule has 0 spiro atoms. The Morgan fingerprint density at radius 3 is 2.91 bits per heavy atom. The van der Waals surface area contributed by atoms with Gasteiger partial charge in [0.05, 0.1) is 26.9 Å². The first-order chi connectivity index (χ1) is 11.0. The maximum absolute atomic E-state index is 11.6. The second-order valence-electron chi connectivity index (χ2n) is 4.34. The normalized spacial score (nSPS) is 10.9. The van der Waals surface area contributed by atoms with Crippen molar-refractivity contribution in [2.45, 2.75) is 6.54 Å². The highest BCUT2D eigenvalue weighted by molar-refractivity contribution is 9.10. The lowest BCUT2D eigenvalue weighted by molar-refractivity contribution is 0.112. The predicted molar refractivity (Wildman–Crippen MR) is 88.4 cm³/mol. The molecule has 118 valence electrons. The number of amides is 1. The van der Waals surface area contributed by atoms with Gasteiger partial charge in [0.15, 0.2) is 12.1 Å². The molecule has 0 unspecified atom stereocenters. The van der Waals surface area contributed by atoms with E-state index in [-0.39, 0.29) is 17.6 Å². The van der Waals surface area contributed by atoms with Crippen LogP contribution in [-0.2, 0) is 6.54 Å². The Kier molecular flexibility index (Phi) is 4.33. The van der Waals surface area contributed by atoms with Gasteiger partial charge in [-0.15, -0.1) is 11.3 Å². The molecule has 0 aromatic carbocycles. The van der Waals surface area contributed by atoms with Crippen molar-refractivity contribution in [2.75, 3.05) is 4.90 Å². The highest BCUT2D eigenvalue weighted by atomic mass is 79.9. The minimum absolute atomic E-state index is 0.0449. The van der Waals surface area contributed by atoms with Crippen LogP contribution in [0.15, 0.2) is 27.3 Å². The van der Waals surface area contributed by atoms with Crippen molar-refractivity contribution in [1.82, 2.24) is 9.97 Å². The van der Waals surface area contributed by atoms with Crippen LogP contribution < -0.4 is 4.90 Å². The summed E-state index contributed by atoms with van der Waals surface area (Å²) in [5.41, 5.74) is 0.387. The van der Waals surface area contributed by atoms with Crippen molar-refractivity contribution >= 4 is 67.3 Å². The molecule has 1 N–H and O–H groups in total. The van der Waals surface area contributed by atoms with Gasteiger partial charge < -0.3 is 9.52 Å². The van der Waals surface area contributed by atoms with E-state index in [1.54, 1.807) is 12.1 Å². The third-order valence-corrected chi connectivity index (χ3v) is 5.28. The van der Waals surface area contributed by atoms with Gasteiger partial charge in [-0.05, 0) is 39.7 Å². The number of hydrogen-bond acceptors (Lipinski definition) is 6. The Balaban J connectivity index is 2.19. The number of thiophene rings is 1. The van der Waals surface area contributed by atoms with Crippen LogP contribution in [0.5, 0.6) is 0 Å². The molecule has 0 aliphatic heterocycles. The van der Waals surface area contributed by atoms with Crippen molar-refractivity contribution in [3.63, 3.8) is 0 Å². The quantitative estimate of drug-likeness (QED) is 0.506. The summed E-state index contributed by atoms with van der Waals surface area (Å²) in [6, 6.07) is 3.31. The Morgan fingerprint density at radius 2 is 2.30 bits per heavy atom. The molecular weight excluding hydrogens is 410 g/mol. The van der Waals surface area contributed by atoms with Gasteiger partial charge >= 0.3 is 6.09 Å². The lowest BCUT2D eigenvalue weighted by Gasteiger charge is -2.17. The molecule has 0 aliphatic carbocycles. The highest BCUT2D eigenvalue weighted by Gasteiger charge is 2.25. The number of anilines is 1. The van der Waals surface area contributed by atoms with Gasteiger partial charge in [0, 0.05) is 0 Å². The minimum atomic E-state index is -1.23. The molecule has 0 radical (unpaired) electrons. The number of aromatic nitrogens is 2. The summed E-state index contributed by atoms with van der Waals surface area (Å²) >= 11 is 10.3. The van der Waals surface area contributed by atoms with Crippen molar-refractivity contribution in [2.24, 2.45) is 0 Å². The van der Waals surface area contributed by atoms with E-state index in [2.05, 4.69) is 25.9 Å². The Labute approximate surface area is 146 Å². The molecule has 0 saturated heterocycles. The SMILES string of the molecule is O=Cc1sc2c(N(Cc3ccco3)C(=O)O)nc(Cl)nc2c1Br. The van der Waals surface area contributed by atoms with Crippen molar-refractivity contribution in [1.29, 1.82) is 0 Å². The van der Waals surface area contributed by atoms with Crippen LogP contribution in [0, 0.1) is 0 Å². The molecule has 0 atom stereocenters. The number of halogens is 2. The van der Waals surface area contributed by atoms with Crippen LogP contribution in [0.3, 0.4) is 0 Å². The average molecular weight is 417 g/mol. The van der Waals surface area contributed by atoms with E-state index >= 15 is 0 Å². The summed E-state index contributed by atoms with van der Waals surface area (Å²) in [6.45, 7) is -0.0449. The van der Waals surface area contributed by atoms with E-state index in [0.717, 1.165) is 16.2 Å². The molecule has 3 aromatic heterocycles. The number of rotatable bonds is 4. The summed E-state index contributed by atoms with van der Waals surface area (Å²) < 4.78 is 6.09. The summed E-state index contributed by atoms with van der Waals surface area (Å²) in [6.07, 6.45) is 0.880. The van der Waals surface area contributed by atoms with E-state index in [1.165, 1.54) is 6.26 Å². The summed E-state index contributed by atoms with van der Waals surface area (Å²) in [7, 11) is 0. The van der Waals surface area contributed by atoms with Crippen molar-refractivity contribution < 1.29 is 19.1 Å². The predicted octanol–water partition coefficient (Wildman–Crippen LogP) is 4.20. The number of carbonyl (C=O) groups excluding carboxylic acids is 1. The summed E-state index contributed by atoms with van der Waals surface area (Å²) in [5.74, 6) is 0.546. The lowest BCUT2D eigenvalue weighted by Crippen LogP contribution is -2.29. The van der Waals surface area contributed by atoms with Gasteiger partial charge in [0.25, 0.3) is 0 Å². The molecular formula is C13H7BrClN3O4S. The molecule has 10 heteroatoms. The molecule has 1 amide bonds. The van der Waals surface area contributed by atoms with Gasteiger partial charge in [-0.3, -0.25) is 9.69 Å². The second-order valence-corrected chi connectivity index (χ2v) is 6.52. The van der Waals surface area contributed by atoms with Gasteiger partial charge in [-0.25, -0.2) is 9.78 Å². The molecule has 3 heterocycles. The maximum atomic E-state index is 11.6. The topological polar surface area (TPSA) is 96.5 Å². The van der Waals surface area contributed by atoms with Crippen LogP contribution >= 0.6 is 38.9 Å². The second kappa shape index (κ2) is 6.26. The fourth-order valence-corrected chi connectivity index (χ4v) is 3.84. The zero-order valence-electron chi connectivity index (χ0n) is 11.2. The van der Waals surface area contributed by atoms with E-state index in [1.807, 2.05) is 0 Å². The first-order valence-electron chi connectivity index (χ1n) is 6.14.